The lowest BCUT2D eigenvalue weighted by atomic mass is 9.97. The molecule has 112 valence electrons. The first-order chi connectivity index (χ1) is 9.36. The molecule has 0 aliphatic carbocycles. The third kappa shape index (κ3) is 3.08. The van der Waals surface area contributed by atoms with E-state index in [-0.39, 0.29) is 17.5 Å². The molecule has 1 aliphatic heterocycles. The lowest BCUT2D eigenvalue weighted by molar-refractivity contribution is 0.218. The van der Waals surface area contributed by atoms with Crippen LogP contribution in [-0.4, -0.2) is 30.4 Å². The number of hydrogen-bond donors (Lipinski definition) is 1. The van der Waals surface area contributed by atoms with Gasteiger partial charge in [0.05, 0.1) is 11.5 Å². The molecule has 0 aromatic heterocycles. The first-order valence-electron chi connectivity index (χ1n) is 6.77. The van der Waals surface area contributed by atoms with Gasteiger partial charge in [-0.3, -0.25) is 0 Å². The van der Waals surface area contributed by atoms with E-state index in [4.69, 9.17) is 0 Å². The van der Waals surface area contributed by atoms with Crippen molar-refractivity contribution in [1.82, 2.24) is 4.31 Å². The summed E-state index contributed by atoms with van der Waals surface area (Å²) in [5.41, 5.74) is 0.601. The van der Waals surface area contributed by atoms with Gasteiger partial charge in [0, 0.05) is 17.1 Å². The molecule has 2 unspecified atom stereocenters. The van der Waals surface area contributed by atoms with E-state index in [0.717, 1.165) is 12.8 Å². The van der Waals surface area contributed by atoms with Gasteiger partial charge >= 0.3 is 0 Å². The molecule has 1 N–H and O–H groups in total. The fourth-order valence-corrected chi connectivity index (χ4v) is 5.31. The van der Waals surface area contributed by atoms with Gasteiger partial charge < -0.3 is 5.11 Å². The SMILES string of the molecule is CC1CCC(C)N(S(=O)(=O)c2cc(CO)ccc2Br)C1. The van der Waals surface area contributed by atoms with E-state index in [1.165, 1.54) is 0 Å². The van der Waals surface area contributed by atoms with Crippen LogP contribution in [0.3, 0.4) is 0 Å². The lowest BCUT2D eigenvalue weighted by Gasteiger charge is -2.35. The van der Waals surface area contributed by atoms with E-state index in [0.29, 0.717) is 22.5 Å². The molecule has 2 atom stereocenters. The van der Waals surface area contributed by atoms with E-state index < -0.39 is 10.0 Å². The summed E-state index contributed by atoms with van der Waals surface area (Å²) in [6.45, 7) is 4.42. The molecule has 0 bridgehead atoms. The first kappa shape index (κ1) is 15.9. The summed E-state index contributed by atoms with van der Waals surface area (Å²) >= 11 is 3.31. The molecule has 20 heavy (non-hydrogen) atoms. The molecule has 4 nitrogen and oxygen atoms in total. The number of nitrogens with zero attached hydrogens (tertiary/aromatic N) is 1. The zero-order valence-electron chi connectivity index (χ0n) is 11.7. The molecule has 1 heterocycles. The van der Waals surface area contributed by atoms with E-state index in [1.807, 2.05) is 6.92 Å². The summed E-state index contributed by atoms with van der Waals surface area (Å²) in [6.07, 6.45) is 1.95. The highest BCUT2D eigenvalue weighted by molar-refractivity contribution is 9.10. The molecule has 0 amide bonds. The molecule has 0 radical (unpaired) electrons. The van der Waals surface area contributed by atoms with Crippen molar-refractivity contribution in [3.63, 3.8) is 0 Å². The summed E-state index contributed by atoms with van der Waals surface area (Å²) in [4.78, 5) is 0.241. The number of hydrogen-bond acceptors (Lipinski definition) is 3. The molecule has 2 rings (SSSR count). The van der Waals surface area contributed by atoms with E-state index in [1.54, 1.807) is 22.5 Å². The minimum absolute atomic E-state index is 0.0147. The summed E-state index contributed by atoms with van der Waals surface area (Å²) < 4.78 is 27.8. The highest BCUT2D eigenvalue weighted by Gasteiger charge is 2.34. The topological polar surface area (TPSA) is 57.6 Å². The van der Waals surface area contributed by atoms with Crippen LogP contribution < -0.4 is 0 Å². The van der Waals surface area contributed by atoms with Crippen molar-refractivity contribution in [2.75, 3.05) is 6.54 Å². The van der Waals surface area contributed by atoms with Crippen molar-refractivity contribution >= 4 is 26.0 Å². The number of aliphatic hydroxyl groups excluding tert-OH is 1. The van der Waals surface area contributed by atoms with Gasteiger partial charge in [-0.15, -0.1) is 0 Å². The Kier molecular flexibility index (Phi) is 4.89. The average molecular weight is 362 g/mol. The van der Waals surface area contributed by atoms with E-state index >= 15 is 0 Å². The van der Waals surface area contributed by atoms with Crippen LogP contribution >= 0.6 is 15.9 Å². The Balaban J connectivity index is 2.43. The molecular formula is C14H20BrNO3S. The smallest absolute Gasteiger partial charge is 0.244 e. The standard InChI is InChI=1S/C14H20BrNO3S/c1-10-3-4-11(2)16(8-10)20(18,19)14-7-12(9-17)5-6-13(14)15/h5-7,10-11,17H,3-4,8-9H2,1-2H3. The maximum absolute atomic E-state index is 12.8. The highest BCUT2D eigenvalue weighted by Crippen LogP contribution is 2.31. The van der Waals surface area contributed by atoms with Crippen molar-refractivity contribution in [3.05, 3.63) is 28.2 Å². The summed E-state index contributed by atoms with van der Waals surface area (Å²) in [5.74, 6) is 0.376. The van der Waals surface area contributed by atoms with Crippen LogP contribution in [0, 0.1) is 5.92 Å². The summed E-state index contributed by atoms with van der Waals surface area (Å²) in [6, 6.07) is 4.95. The van der Waals surface area contributed by atoms with Crippen molar-refractivity contribution in [1.29, 1.82) is 0 Å². The van der Waals surface area contributed by atoms with Gasteiger partial charge in [-0.25, -0.2) is 8.42 Å². The van der Waals surface area contributed by atoms with E-state index in [2.05, 4.69) is 22.9 Å². The van der Waals surface area contributed by atoms with Crippen LogP contribution in [0.1, 0.15) is 32.3 Å². The summed E-state index contributed by atoms with van der Waals surface area (Å²) in [5, 5.41) is 9.20. The van der Waals surface area contributed by atoms with Gasteiger partial charge in [-0.1, -0.05) is 13.0 Å². The number of sulfonamides is 1. The van der Waals surface area contributed by atoms with Gasteiger partial charge in [0.25, 0.3) is 0 Å². The van der Waals surface area contributed by atoms with Gasteiger partial charge in [0.2, 0.25) is 10.0 Å². The van der Waals surface area contributed by atoms with Crippen LogP contribution in [0.5, 0.6) is 0 Å². The second kappa shape index (κ2) is 6.13. The number of piperidine rings is 1. The third-order valence-electron chi connectivity index (χ3n) is 3.83. The Morgan fingerprint density at radius 2 is 2.05 bits per heavy atom. The molecule has 1 aromatic carbocycles. The summed E-state index contributed by atoms with van der Waals surface area (Å²) in [7, 11) is -3.53. The van der Waals surface area contributed by atoms with Gasteiger partial charge in [-0.05, 0) is 59.3 Å². The fraction of sp³-hybridized carbons (Fsp3) is 0.571. The Hall–Kier alpha value is -0.430. The molecule has 6 heteroatoms. The molecule has 0 saturated carbocycles. The van der Waals surface area contributed by atoms with Crippen LogP contribution in [-0.2, 0) is 16.6 Å². The van der Waals surface area contributed by atoms with Gasteiger partial charge in [0.1, 0.15) is 0 Å². The van der Waals surface area contributed by atoms with E-state index in [9.17, 15) is 13.5 Å². The molecule has 1 aliphatic rings. The Bertz CT molecular complexity index is 588. The third-order valence-corrected chi connectivity index (χ3v) is 6.80. The predicted octanol–water partition coefficient (Wildman–Crippen LogP) is 2.75. The van der Waals surface area contributed by atoms with Crippen molar-refractivity contribution in [2.24, 2.45) is 5.92 Å². The average Bonchev–Trinajstić information content (AvgIpc) is 2.41. The Labute approximate surface area is 129 Å². The minimum atomic E-state index is -3.53. The van der Waals surface area contributed by atoms with Gasteiger partial charge in [-0.2, -0.15) is 4.31 Å². The van der Waals surface area contributed by atoms with Crippen LogP contribution in [0.4, 0.5) is 0 Å². The monoisotopic (exact) mass is 361 g/mol. The maximum atomic E-state index is 12.8. The normalized spacial score (nSPS) is 24.8. The number of aliphatic hydroxyl groups is 1. The molecule has 1 fully saturated rings. The number of benzene rings is 1. The van der Waals surface area contributed by atoms with Crippen molar-refractivity contribution in [3.8, 4) is 0 Å². The highest BCUT2D eigenvalue weighted by atomic mass is 79.9. The number of halogens is 1. The quantitative estimate of drug-likeness (QED) is 0.900. The first-order valence-corrected chi connectivity index (χ1v) is 9.00. The van der Waals surface area contributed by atoms with Crippen LogP contribution in [0.2, 0.25) is 0 Å². The molecule has 0 spiro atoms. The van der Waals surface area contributed by atoms with Crippen molar-refractivity contribution < 1.29 is 13.5 Å². The fourth-order valence-electron chi connectivity index (χ4n) is 2.55. The maximum Gasteiger partial charge on any atom is 0.244 e. The zero-order chi connectivity index (χ0) is 14.9. The minimum Gasteiger partial charge on any atom is -0.392 e. The largest absolute Gasteiger partial charge is 0.392 e. The van der Waals surface area contributed by atoms with Crippen LogP contribution in [0.15, 0.2) is 27.6 Å². The zero-order valence-corrected chi connectivity index (χ0v) is 14.1. The molecule has 1 aromatic rings. The van der Waals surface area contributed by atoms with Crippen molar-refractivity contribution in [2.45, 2.75) is 44.2 Å². The van der Waals surface area contributed by atoms with Crippen LogP contribution in [0.25, 0.3) is 0 Å². The predicted molar refractivity (Wildman–Crippen MR) is 81.8 cm³/mol. The number of rotatable bonds is 3. The lowest BCUT2D eigenvalue weighted by Crippen LogP contribution is -2.44. The Morgan fingerprint density at radius 1 is 1.35 bits per heavy atom. The Morgan fingerprint density at radius 3 is 2.70 bits per heavy atom. The second-order valence-corrected chi connectivity index (χ2v) is 8.24. The molecule has 1 saturated heterocycles. The molecular weight excluding hydrogens is 342 g/mol. The van der Waals surface area contributed by atoms with Gasteiger partial charge in [0.15, 0.2) is 0 Å². The second-order valence-electron chi connectivity index (χ2n) is 5.53.